The van der Waals surface area contributed by atoms with Crippen LogP contribution in [0, 0.1) is 11.3 Å². The minimum absolute atomic E-state index is 0.00781. The first-order chi connectivity index (χ1) is 18.0. The highest BCUT2D eigenvalue weighted by atomic mass is 19.4. The second kappa shape index (κ2) is 9.85. The van der Waals surface area contributed by atoms with Crippen LogP contribution in [0.1, 0.15) is 65.9 Å². The molecule has 0 radical (unpaired) electrons. The lowest BCUT2D eigenvalue weighted by atomic mass is 9.55. The summed E-state index contributed by atoms with van der Waals surface area (Å²) in [5.74, 6) is -2.73. The first-order valence-corrected chi connectivity index (χ1v) is 13.3. The number of fused-ring (bicyclic) bond motifs is 3. The Morgan fingerprint density at radius 3 is 2.36 bits per heavy atom. The van der Waals surface area contributed by atoms with Crippen molar-refractivity contribution in [3.8, 4) is 0 Å². The van der Waals surface area contributed by atoms with Crippen LogP contribution in [-0.2, 0) is 29.4 Å². The first kappa shape index (κ1) is 29.5. The van der Waals surface area contributed by atoms with E-state index in [1.807, 2.05) is 13.8 Å². The second-order valence-electron chi connectivity index (χ2n) is 11.7. The first-order valence-electron chi connectivity index (χ1n) is 13.3. The molecule has 1 aromatic rings. The summed E-state index contributed by atoms with van der Waals surface area (Å²) in [5.41, 5.74) is -6.10. The van der Waals surface area contributed by atoms with Gasteiger partial charge in [0.2, 0.25) is 0 Å². The second-order valence-corrected chi connectivity index (χ2v) is 11.7. The number of halogens is 3. The third-order valence-corrected chi connectivity index (χ3v) is 9.44. The molecule has 39 heavy (non-hydrogen) atoms. The van der Waals surface area contributed by atoms with Gasteiger partial charge in [-0.15, -0.1) is 0 Å². The van der Waals surface area contributed by atoms with E-state index < -0.39 is 63.8 Å². The molecule has 2 bridgehead atoms. The number of rotatable bonds is 4. The fourth-order valence-electron chi connectivity index (χ4n) is 6.17. The van der Waals surface area contributed by atoms with Crippen LogP contribution in [-0.4, -0.2) is 53.6 Å². The Bertz CT molecular complexity index is 1190. The lowest BCUT2D eigenvalue weighted by Crippen LogP contribution is -2.59. The van der Waals surface area contributed by atoms with E-state index in [-0.39, 0.29) is 5.57 Å². The molecule has 1 fully saturated rings. The van der Waals surface area contributed by atoms with Crippen molar-refractivity contribution in [3.63, 3.8) is 0 Å². The van der Waals surface area contributed by atoms with E-state index in [0.29, 0.717) is 19.3 Å². The number of hydrogen-bond donors (Lipinski definition) is 1. The average molecular weight is 551 g/mol. The fraction of sp³-hybridized carbons (Fsp3) is 0.600. The number of hydrogen-bond acceptors (Lipinski definition) is 6. The van der Waals surface area contributed by atoms with E-state index in [2.05, 4.69) is 6.08 Å². The third kappa shape index (κ3) is 4.66. The highest BCUT2D eigenvalue weighted by Gasteiger charge is 2.66. The number of allylic oxidation sites excluding steroid dienone is 2. The highest BCUT2D eigenvalue weighted by Crippen LogP contribution is 2.55. The largest absolute Gasteiger partial charge is 0.455 e. The van der Waals surface area contributed by atoms with Crippen LogP contribution in [0.5, 0.6) is 0 Å². The molecule has 0 spiro atoms. The molecule has 4 rings (SSSR count). The molecule has 1 aliphatic heterocycles. The number of aliphatic hydroxyl groups is 1. The Labute approximate surface area is 227 Å². The normalized spacial score (nSPS) is 38.1. The zero-order chi connectivity index (χ0) is 29.0. The van der Waals surface area contributed by atoms with Gasteiger partial charge in [-0.1, -0.05) is 55.8 Å². The minimum Gasteiger partial charge on any atom is -0.455 e. The van der Waals surface area contributed by atoms with Gasteiger partial charge in [0.15, 0.2) is 5.78 Å². The molecule has 0 amide bonds. The maximum absolute atomic E-state index is 14.5. The topological polar surface area (TPSA) is 85.4 Å². The molecule has 0 saturated carbocycles. The number of methoxy groups -OCH3 is 1. The van der Waals surface area contributed by atoms with Gasteiger partial charge in [0, 0.05) is 29.6 Å². The fourth-order valence-corrected chi connectivity index (χ4v) is 6.17. The summed E-state index contributed by atoms with van der Waals surface area (Å²) in [6.45, 7) is 8.88. The maximum atomic E-state index is 14.5. The van der Waals surface area contributed by atoms with Gasteiger partial charge in [-0.05, 0) is 52.5 Å². The molecule has 9 heteroatoms. The van der Waals surface area contributed by atoms with Gasteiger partial charge in [-0.3, -0.25) is 4.79 Å². The predicted molar refractivity (Wildman–Crippen MR) is 138 cm³/mol. The molecule has 0 unspecified atom stereocenters. The van der Waals surface area contributed by atoms with Crippen molar-refractivity contribution in [2.75, 3.05) is 7.11 Å². The Hall–Kier alpha value is -2.49. The Kier molecular flexibility index (Phi) is 7.45. The van der Waals surface area contributed by atoms with E-state index in [1.165, 1.54) is 24.3 Å². The highest BCUT2D eigenvalue weighted by molar-refractivity contribution is 6.03. The van der Waals surface area contributed by atoms with E-state index in [1.54, 1.807) is 20.8 Å². The molecular formula is C30H37F3O6. The van der Waals surface area contributed by atoms with E-state index >= 15 is 0 Å². The predicted octanol–water partition coefficient (Wildman–Crippen LogP) is 5.58. The Balaban J connectivity index is 1.81. The monoisotopic (exact) mass is 550 g/mol. The van der Waals surface area contributed by atoms with Crippen molar-refractivity contribution < 1.29 is 42.1 Å². The van der Waals surface area contributed by atoms with E-state index in [0.717, 1.165) is 31.2 Å². The van der Waals surface area contributed by atoms with Crippen molar-refractivity contribution in [3.05, 3.63) is 59.2 Å². The molecule has 2 aliphatic carbocycles. The molecule has 1 aromatic carbocycles. The molecular weight excluding hydrogens is 513 g/mol. The number of ketones is 1. The van der Waals surface area contributed by atoms with Crippen LogP contribution in [0.2, 0.25) is 0 Å². The van der Waals surface area contributed by atoms with Gasteiger partial charge in [0.05, 0.1) is 5.60 Å². The van der Waals surface area contributed by atoms with Gasteiger partial charge in [0.25, 0.3) is 5.60 Å². The van der Waals surface area contributed by atoms with Gasteiger partial charge in [-0.25, -0.2) is 4.79 Å². The lowest BCUT2D eigenvalue weighted by molar-refractivity contribution is -0.279. The molecule has 7 atom stereocenters. The molecule has 3 aliphatic rings. The lowest BCUT2D eigenvalue weighted by Gasteiger charge is -2.53. The zero-order valence-corrected chi connectivity index (χ0v) is 23.2. The minimum atomic E-state index is -5.14. The molecule has 0 aromatic heterocycles. The number of benzene rings is 1. The maximum Gasteiger partial charge on any atom is 0.432 e. The molecule has 214 valence electrons. The summed E-state index contributed by atoms with van der Waals surface area (Å²) >= 11 is 0. The SMILES string of the molecule is CO[C@@](C(=O)O[C@H]1C=C2C(=O)[C@H]3O[C@]3(C)CC/C=C(\C)CC[C@@](C)([C@@H]1C)[C@@]2(C)O)(c1ccccc1)C(F)(F)F. The number of esters is 1. The average Bonchev–Trinajstić information content (AvgIpc) is 3.54. The van der Waals surface area contributed by atoms with Crippen molar-refractivity contribution in [1.29, 1.82) is 0 Å². The van der Waals surface area contributed by atoms with Gasteiger partial charge in [-0.2, -0.15) is 13.2 Å². The number of carbonyl (C=O) groups is 2. The summed E-state index contributed by atoms with van der Waals surface area (Å²) in [6.07, 6.45) is -1.41. The van der Waals surface area contributed by atoms with E-state index in [9.17, 15) is 27.9 Å². The van der Waals surface area contributed by atoms with Crippen LogP contribution in [0.15, 0.2) is 53.6 Å². The number of epoxide rings is 1. The third-order valence-electron chi connectivity index (χ3n) is 9.44. The van der Waals surface area contributed by atoms with Crippen LogP contribution >= 0.6 is 0 Å². The summed E-state index contributed by atoms with van der Waals surface area (Å²) in [5, 5.41) is 11.9. The van der Waals surface area contributed by atoms with Crippen LogP contribution in [0.4, 0.5) is 13.2 Å². The van der Waals surface area contributed by atoms with Gasteiger partial charge >= 0.3 is 12.1 Å². The van der Waals surface area contributed by atoms with Crippen molar-refractivity contribution in [1.82, 2.24) is 0 Å². The molecule has 1 N–H and O–H groups in total. The molecule has 6 nitrogen and oxygen atoms in total. The van der Waals surface area contributed by atoms with Crippen LogP contribution < -0.4 is 0 Å². The quantitative estimate of drug-likeness (QED) is 0.299. The summed E-state index contributed by atoms with van der Waals surface area (Å²) in [6, 6.07) is 6.59. The Morgan fingerprint density at radius 1 is 1.13 bits per heavy atom. The summed E-state index contributed by atoms with van der Waals surface area (Å²) in [7, 11) is 0.810. The van der Waals surface area contributed by atoms with Crippen molar-refractivity contribution >= 4 is 11.8 Å². The van der Waals surface area contributed by atoms with Gasteiger partial charge in [0.1, 0.15) is 17.8 Å². The van der Waals surface area contributed by atoms with Crippen LogP contribution in [0.3, 0.4) is 0 Å². The summed E-state index contributed by atoms with van der Waals surface area (Å²) in [4.78, 5) is 27.2. The standard InChI is InChI=1S/C30H37F3O6/c1-18-11-10-15-27(4)24(39-27)23(34)21-17-22(19(2)26(3,16-14-18)28(21,5)36)38-25(35)29(37-6,30(31,32)33)20-12-8-7-9-13-20/h7-9,11-13,17,19,22,24,36H,10,14-16H2,1-6H3/b18-11+/t19-,22+,24-,26+,27-,28+,29-/m1/s1. The number of ether oxygens (including phenoxy) is 3. The molecule has 1 heterocycles. The molecule has 1 saturated heterocycles. The van der Waals surface area contributed by atoms with E-state index in [4.69, 9.17) is 14.2 Å². The van der Waals surface area contributed by atoms with Gasteiger partial charge < -0.3 is 19.3 Å². The van der Waals surface area contributed by atoms with Crippen molar-refractivity contribution in [2.24, 2.45) is 11.3 Å². The smallest absolute Gasteiger partial charge is 0.432 e. The van der Waals surface area contributed by atoms with Crippen LogP contribution in [0.25, 0.3) is 0 Å². The zero-order valence-electron chi connectivity index (χ0n) is 23.2. The summed E-state index contributed by atoms with van der Waals surface area (Å²) < 4.78 is 59.9. The number of Topliss-reactive ketones (excluding diaryl/α,β-unsaturated/α-hetero) is 1. The number of carbonyl (C=O) groups excluding carboxylic acids is 2. The Morgan fingerprint density at radius 2 is 1.77 bits per heavy atom. The van der Waals surface area contributed by atoms with Crippen molar-refractivity contribution in [2.45, 2.75) is 95.5 Å². The number of alkyl halides is 3.